The van der Waals surface area contributed by atoms with Crippen molar-refractivity contribution in [2.45, 2.75) is 19.3 Å². The van der Waals surface area contributed by atoms with E-state index in [4.69, 9.17) is 5.11 Å². The predicted octanol–water partition coefficient (Wildman–Crippen LogP) is 3.31. The van der Waals surface area contributed by atoms with Gasteiger partial charge in [0.2, 0.25) is 0 Å². The van der Waals surface area contributed by atoms with Crippen LogP contribution in [0, 0.1) is 11.7 Å². The number of aliphatic carboxylic acids is 1. The Morgan fingerprint density at radius 2 is 2.24 bits per heavy atom. The Morgan fingerprint density at radius 1 is 1.48 bits per heavy atom. The third-order valence-electron chi connectivity index (χ3n) is 3.51. The molecule has 1 atom stereocenters. The Hall–Kier alpha value is -1.63. The molecule has 5 nitrogen and oxygen atoms in total. The van der Waals surface area contributed by atoms with Crippen LogP contribution in [0.5, 0.6) is 0 Å². The summed E-state index contributed by atoms with van der Waals surface area (Å²) in [5.41, 5.74) is 0.510. The number of carbonyl (C=O) groups excluding carboxylic acids is 1. The molecular formula is C14H16BrFN2O3. The number of amides is 2. The van der Waals surface area contributed by atoms with Crippen molar-refractivity contribution in [2.24, 2.45) is 5.92 Å². The average molecular weight is 359 g/mol. The lowest BCUT2D eigenvalue weighted by Crippen LogP contribution is -2.33. The zero-order chi connectivity index (χ0) is 15.4. The number of urea groups is 1. The van der Waals surface area contributed by atoms with Gasteiger partial charge in [0.1, 0.15) is 5.82 Å². The number of anilines is 1. The van der Waals surface area contributed by atoms with Gasteiger partial charge < -0.3 is 15.3 Å². The molecule has 1 fully saturated rings. The van der Waals surface area contributed by atoms with Gasteiger partial charge in [-0.15, -0.1) is 0 Å². The molecule has 0 aliphatic carbocycles. The average Bonchev–Trinajstić information content (AvgIpc) is 2.88. The molecule has 1 aromatic carbocycles. The SMILES string of the molecule is O=C(O)CCC1CCN(C(=O)Nc2ccc(F)cc2Br)C1. The van der Waals surface area contributed by atoms with Gasteiger partial charge in [0.15, 0.2) is 0 Å². The molecule has 7 heteroatoms. The summed E-state index contributed by atoms with van der Waals surface area (Å²) in [5, 5.41) is 11.4. The van der Waals surface area contributed by atoms with E-state index in [-0.39, 0.29) is 24.2 Å². The molecule has 1 saturated heterocycles. The molecule has 2 amide bonds. The highest BCUT2D eigenvalue weighted by Crippen LogP contribution is 2.25. The molecular weight excluding hydrogens is 343 g/mol. The van der Waals surface area contributed by atoms with Crippen LogP contribution >= 0.6 is 15.9 Å². The Morgan fingerprint density at radius 3 is 2.90 bits per heavy atom. The second-order valence-electron chi connectivity index (χ2n) is 5.09. The first kappa shape index (κ1) is 15.8. The minimum atomic E-state index is -0.812. The second-order valence-corrected chi connectivity index (χ2v) is 5.94. The minimum Gasteiger partial charge on any atom is -0.481 e. The van der Waals surface area contributed by atoms with Crippen LogP contribution in [0.1, 0.15) is 19.3 Å². The fourth-order valence-corrected chi connectivity index (χ4v) is 2.82. The molecule has 0 bridgehead atoms. The summed E-state index contributed by atoms with van der Waals surface area (Å²) in [4.78, 5) is 24.3. The standard InChI is InChI=1S/C14H16BrFN2O3/c15-11-7-10(16)2-3-12(11)17-14(21)18-6-5-9(8-18)1-4-13(19)20/h2-3,7,9H,1,4-6,8H2,(H,17,21)(H,19,20). The van der Waals surface area contributed by atoms with E-state index in [9.17, 15) is 14.0 Å². The van der Waals surface area contributed by atoms with E-state index < -0.39 is 5.97 Å². The van der Waals surface area contributed by atoms with E-state index >= 15 is 0 Å². The van der Waals surface area contributed by atoms with Crippen LogP contribution < -0.4 is 5.32 Å². The maximum atomic E-state index is 13.0. The first-order valence-electron chi connectivity index (χ1n) is 6.68. The lowest BCUT2D eigenvalue weighted by Gasteiger charge is -2.18. The van der Waals surface area contributed by atoms with Crippen molar-refractivity contribution in [1.29, 1.82) is 0 Å². The van der Waals surface area contributed by atoms with Crippen molar-refractivity contribution < 1.29 is 19.1 Å². The molecule has 1 unspecified atom stereocenters. The van der Waals surface area contributed by atoms with E-state index in [1.807, 2.05) is 0 Å². The van der Waals surface area contributed by atoms with Gasteiger partial charge in [-0.05, 0) is 52.9 Å². The summed E-state index contributed by atoms with van der Waals surface area (Å²) < 4.78 is 13.5. The minimum absolute atomic E-state index is 0.129. The number of nitrogens with zero attached hydrogens (tertiary/aromatic N) is 1. The van der Waals surface area contributed by atoms with Gasteiger partial charge in [-0.2, -0.15) is 0 Å². The van der Waals surface area contributed by atoms with Crippen molar-refractivity contribution in [1.82, 2.24) is 4.90 Å². The van der Waals surface area contributed by atoms with Crippen LogP contribution in [0.2, 0.25) is 0 Å². The number of hydrogen-bond donors (Lipinski definition) is 2. The molecule has 1 aliphatic heterocycles. The predicted molar refractivity (Wildman–Crippen MR) is 79.7 cm³/mol. The zero-order valence-electron chi connectivity index (χ0n) is 11.3. The van der Waals surface area contributed by atoms with Gasteiger partial charge in [-0.25, -0.2) is 9.18 Å². The molecule has 2 N–H and O–H groups in total. The highest BCUT2D eigenvalue weighted by atomic mass is 79.9. The maximum Gasteiger partial charge on any atom is 0.321 e. The summed E-state index contributed by atoms with van der Waals surface area (Å²) in [5.74, 6) is -0.966. The zero-order valence-corrected chi connectivity index (χ0v) is 12.9. The molecule has 1 aromatic rings. The largest absolute Gasteiger partial charge is 0.481 e. The Balaban J connectivity index is 1.88. The number of carbonyl (C=O) groups is 2. The van der Waals surface area contributed by atoms with Gasteiger partial charge >= 0.3 is 12.0 Å². The lowest BCUT2D eigenvalue weighted by atomic mass is 10.0. The van der Waals surface area contributed by atoms with Crippen LogP contribution in [-0.4, -0.2) is 35.1 Å². The van der Waals surface area contributed by atoms with Crippen LogP contribution in [0.3, 0.4) is 0 Å². The quantitative estimate of drug-likeness (QED) is 0.867. The van der Waals surface area contributed by atoms with Gasteiger partial charge in [0, 0.05) is 24.0 Å². The summed E-state index contributed by atoms with van der Waals surface area (Å²) in [6.07, 6.45) is 1.52. The molecule has 21 heavy (non-hydrogen) atoms. The van der Waals surface area contributed by atoms with Crippen molar-refractivity contribution in [2.75, 3.05) is 18.4 Å². The fraction of sp³-hybridized carbons (Fsp3) is 0.429. The lowest BCUT2D eigenvalue weighted by molar-refractivity contribution is -0.137. The Kier molecular flexibility index (Phi) is 5.17. The van der Waals surface area contributed by atoms with Crippen LogP contribution in [0.15, 0.2) is 22.7 Å². The topological polar surface area (TPSA) is 69.6 Å². The molecule has 1 heterocycles. The van der Waals surface area contributed by atoms with Crippen molar-refractivity contribution in [3.63, 3.8) is 0 Å². The third kappa shape index (κ3) is 4.42. The van der Waals surface area contributed by atoms with Gasteiger partial charge in [-0.1, -0.05) is 0 Å². The highest BCUT2D eigenvalue weighted by molar-refractivity contribution is 9.10. The monoisotopic (exact) mass is 358 g/mol. The first-order chi connectivity index (χ1) is 9.95. The third-order valence-corrected chi connectivity index (χ3v) is 4.17. The fourth-order valence-electron chi connectivity index (χ4n) is 2.37. The number of rotatable bonds is 4. The summed E-state index contributed by atoms with van der Waals surface area (Å²) in [6, 6.07) is 3.81. The van der Waals surface area contributed by atoms with E-state index in [0.29, 0.717) is 29.7 Å². The summed E-state index contributed by atoms with van der Waals surface area (Å²) >= 11 is 3.20. The first-order valence-corrected chi connectivity index (χ1v) is 7.48. The van der Waals surface area contributed by atoms with E-state index in [1.54, 1.807) is 4.90 Å². The number of carboxylic acids is 1. The summed E-state index contributed by atoms with van der Waals surface area (Å²) in [7, 11) is 0. The van der Waals surface area contributed by atoms with Gasteiger partial charge in [0.05, 0.1) is 5.69 Å². The van der Waals surface area contributed by atoms with E-state index in [0.717, 1.165) is 6.42 Å². The number of carboxylic acid groups (broad SMARTS) is 1. The molecule has 0 saturated carbocycles. The van der Waals surface area contributed by atoms with Crippen LogP contribution in [0.4, 0.5) is 14.9 Å². The van der Waals surface area contributed by atoms with Gasteiger partial charge in [0.25, 0.3) is 0 Å². The number of benzene rings is 1. The number of nitrogens with one attached hydrogen (secondary N) is 1. The maximum absolute atomic E-state index is 13.0. The van der Waals surface area contributed by atoms with E-state index in [1.165, 1.54) is 18.2 Å². The van der Waals surface area contributed by atoms with Crippen molar-refractivity contribution in [3.8, 4) is 0 Å². The Bertz CT molecular complexity index is 553. The van der Waals surface area contributed by atoms with E-state index in [2.05, 4.69) is 21.2 Å². The molecule has 0 radical (unpaired) electrons. The smallest absolute Gasteiger partial charge is 0.321 e. The second kappa shape index (κ2) is 6.89. The highest BCUT2D eigenvalue weighted by Gasteiger charge is 2.26. The van der Waals surface area contributed by atoms with Gasteiger partial charge in [-0.3, -0.25) is 4.79 Å². The number of halogens is 2. The number of hydrogen-bond acceptors (Lipinski definition) is 2. The van der Waals surface area contributed by atoms with Crippen LogP contribution in [0.25, 0.3) is 0 Å². The van der Waals surface area contributed by atoms with Crippen LogP contribution in [-0.2, 0) is 4.79 Å². The molecule has 2 rings (SSSR count). The number of likely N-dealkylation sites (tertiary alicyclic amines) is 1. The molecule has 0 spiro atoms. The van der Waals surface area contributed by atoms with Crippen molar-refractivity contribution in [3.05, 3.63) is 28.5 Å². The van der Waals surface area contributed by atoms with Crippen molar-refractivity contribution >= 4 is 33.6 Å². The summed E-state index contributed by atoms with van der Waals surface area (Å²) in [6.45, 7) is 1.16. The Labute approximate surface area is 130 Å². The normalized spacial score (nSPS) is 17.8. The molecule has 1 aliphatic rings. The molecule has 0 aromatic heterocycles. The molecule has 114 valence electrons.